The molecule has 0 heterocycles. The molecule has 12 nitrogen and oxygen atoms in total. The first-order chi connectivity index (χ1) is 17.2. The van der Waals surface area contributed by atoms with Crippen LogP contribution in [0.5, 0.6) is 5.75 Å². The highest BCUT2D eigenvalue weighted by atomic mass is 16.6. The molecule has 2 atom stereocenters. The van der Waals surface area contributed by atoms with Crippen LogP contribution in [-0.2, 0) is 28.7 Å². The lowest BCUT2D eigenvalue weighted by Gasteiger charge is -2.34. The summed E-state index contributed by atoms with van der Waals surface area (Å²) in [7, 11) is 1.15. The van der Waals surface area contributed by atoms with E-state index in [-0.39, 0.29) is 30.7 Å². The van der Waals surface area contributed by atoms with E-state index in [4.69, 9.17) is 10.5 Å². The lowest BCUT2D eigenvalue weighted by atomic mass is 9.98. The van der Waals surface area contributed by atoms with E-state index in [0.29, 0.717) is 5.56 Å². The number of para-hydroxylation sites is 1. The molecule has 2 unspecified atom stereocenters. The van der Waals surface area contributed by atoms with Crippen LogP contribution in [-0.4, -0.2) is 71.6 Å². The third-order valence-electron chi connectivity index (χ3n) is 5.04. The average molecular weight is 521 g/mol. The number of amides is 4. The Morgan fingerprint density at radius 2 is 1.86 bits per heavy atom. The molecule has 1 rings (SSSR count). The smallest absolute Gasteiger partial charge is 0.408 e. The van der Waals surface area contributed by atoms with E-state index in [1.807, 2.05) is 0 Å². The molecule has 4 amide bonds. The standard InChI is InChI=1S/C25H36N4O8/c1-7-13-29(23(34)17(11-12-18(26)30)28-24(35)37-25(3,4)5)20(22(33)27-14-19(31)36-6)16-10-8-9-15(2)21(16)32/h7-10,17,20,32H,1,11-14H2,2-6H3,(H2,26,30)(H,27,33)(H,28,35). The highest BCUT2D eigenvalue weighted by Crippen LogP contribution is 2.32. The van der Waals surface area contributed by atoms with Gasteiger partial charge in [-0.05, 0) is 39.7 Å². The Kier molecular flexibility index (Phi) is 11.6. The predicted molar refractivity (Wildman–Crippen MR) is 134 cm³/mol. The number of hydrogen-bond acceptors (Lipinski definition) is 8. The van der Waals surface area contributed by atoms with Gasteiger partial charge < -0.3 is 35.8 Å². The summed E-state index contributed by atoms with van der Waals surface area (Å²) in [6.07, 6.45) is 0.00335. The molecule has 0 radical (unpaired) electrons. The second kappa shape index (κ2) is 13.9. The number of carbonyl (C=O) groups excluding carboxylic acids is 5. The number of hydrogen-bond donors (Lipinski definition) is 4. The van der Waals surface area contributed by atoms with Crippen molar-refractivity contribution < 1.29 is 38.6 Å². The van der Waals surface area contributed by atoms with Crippen LogP contribution in [0.1, 0.15) is 50.8 Å². The van der Waals surface area contributed by atoms with Gasteiger partial charge in [-0.2, -0.15) is 0 Å². The number of phenols is 1. The SMILES string of the molecule is C=CCN(C(=O)C(CCC(N)=O)NC(=O)OC(C)(C)C)C(C(=O)NCC(=O)OC)c1cccc(C)c1O. The molecule has 0 spiro atoms. The van der Waals surface area contributed by atoms with Crippen molar-refractivity contribution in [3.05, 3.63) is 42.0 Å². The normalized spacial score (nSPS) is 12.5. The quantitative estimate of drug-likeness (QED) is 0.235. The van der Waals surface area contributed by atoms with E-state index in [2.05, 4.69) is 21.9 Å². The minimum absolute atomic E-state index is 0.0727. The molecule has 0 saturated heterocycles. The van der Waals surface area contributed by atoms with E-state index < -0.39 is 54.0 Å². The van der Waals surface area contributed by atoms with Crippen LogP contribution in [0, 0.1) is 6.92 Å². The zero-order chi connectivity index (χ0) is 28.3. The third kappa shape index (κ3) is 9.82. The van der Waals surface area contributed by atoms with Crippen LogP contribution in [0.3, 0.4) is 0 Å². The Morgan fingerprint density at radius 3 is 2.41 bits per heavy atom. The molecule has 37 heavy (non-hydrogen) atoms. The van der Waals surface area contributed by atoms with Gasteiger partial charge in [0.1, 0.15) is 30.0 Å². The first-order valence-corrected chi connectivity index (χ1v) is 11.5. The summed E-state index contributed by atoms with van der Waals surface area (Å²) in [5, 5.41) is 15.6. The zero-order valence-electron chi connectivity index (χ0n) is 21.8. The third-order valence-corrected chi connectivity index (χ3v) is 5.04. The highest BCUT2D eigenvalue weighted by Gasteiger charge is 2.37. The van der Waals surface area contributed by atoms with E-state index in [1.54, 1.807) is 39.8 Å². The molecule has 0 saturated carbocycles. The molecule has 0 fully saturated rings. The topological polar surface area (TPSA) is 177 Å². The minimum atomic E-state index is -1.44. The van der Waals surface area contributed by atoms with Crippen molar-refractivity contribution in [2.45, 2.75) is 58.2 Å². The molecule has 0 bridgehead atoms. The molecule has 0 aliphatic rings. The van der Waals surface area contributed by atoms with Gasteiger partial charge in [-0.25, -0.2) is 4.79 Å². The summed E-state index contributed by atoms with van der Waals surface area (Å²) in [5.41, 5.74) is 4.90. The van der Waals surface area contributed by atoms with Gasteiger partial charge in [0.15, 0.2) is 0 Å². The monoisotopic (exact) mass is 520 g/mol. The Bertz CT molecular complexity index is 1020. The number of nitrogens with zero attached hydrogens (tertiary/aromatic N) is 1. The number of nitrogens with one attached hydrogen (secondary N) is 2. The van der Waals surface area contributed by atoms with Gasteiger partial charge in [0.25, 0.3) is 0 Å². The molecule has 1 aromatic rings. The molecular weight excluding hydrogens is 484 g/mol. The van der Waals surface area contributed by atoms with Gasteiger partial charge >= 0.3 is 12.1 Å². The van der Waals surface area contributed by atoms with Crippen molar-refractivity contribution >= 4 is 29.8 Å². The molecular formula is C25H36N4O8. The first-order valence-electron chi connectivity index (χ1n) is 11.5. The highest BCUT2D eigenvalue weighted by molar-refractivity contribution is 5.94. The number of esters is 1. The maximum Gasteiger partial charge on any atom is 0.408 e. The predicted octanol–water partition coefficient (Wildman–Crippen LogP) is 1.20. The number of nitrogens with two attached hydrogens (primary N) is 1. The van der Waals surface area contributed by atoms with Crippen LogP contribution in [0.25, 0.3) is 0 Å². The summed E-state index contributed by atoms with van der Waals surface area (Å²) >= 11 is 0. The second-order valence-corrected chi connectivity index (χ2v) is 9.19. The van der Waals surface area contributed by atoms with Crippen molar-refractivity contribution in [3.63, 3.8) is 0 Å². The van der Waals surface area contributed by atoms with Crippen molar-refractivity contribution in [3.8, 4) is 5.75 Å². The molecule has 204 valence electrons. The van der Waals surface area contributed by atoms with Gasteiger partial charge in [-0.15, -0.1) is 6.58 Å². The molecule has 5 N–H and O–H groups in total. The number of aromatic hydroxyl groups is 1. The molecule has 0 aliphatic carbocycles. The number of benzene rings is 1. The fourth-order valence-electron chi connectivity index (χ4n) is 3.34. The summed E-state index contributed by atoms with van der Waals surface area (Å²) in [6, 6.07) is 1.90. The largest absolute Gasteiger partial charge is 0.507 e. The lowest BCUT2D eigenvalue weighted by molar-refractivity contribution is -0.144. The van der Waals surface area contributed by atoms with Gasteiger partial charge in [0.05, 0.1) is 7.11 Å². The van der Waals surface area contributed by atoms with E-state index >= 15 is 0 Å². The number of methoxy groups -OCH3 is 1. The molecule has 0 aliphatic heterocycles. The maximum absolute atomic E-state index is 13.8. The van der Waals surface area contributed by atoms with Crippen molar-refractivity contribution in [1.29, 1.82) is 0 Å². The maximum atomic E-state index is 13.8. The average Bonchev–Trinajstić information content (AvgIpc) is 2.80. The number of ether oxygens (including phenoxy) is 2. The van der Waals surface area contributed by atoms with Gasteiger partial charge in [0.2, 0.25) is 17.7 Å². The van der Waals surface area contributed by atoms with Crippen molar-refractivity contribution in [2.24, 2.45) is 5.73 Å². The number of primary amides is 1. The number of alkyl carbamates (subject to hydrolysis) is 1. The van der Waals surface area contributed by atoms with Gasteiger partial charge in [0, 0.05) is 18.5 Å². The van der Waals surface area contributed by atoms with Crippen molar-refractivity contribution in [1.82, 2.24) is 15.5 Å². The minimum Gasteiger partial charge on any atom is -0.507 e. The first kappa shape index (κ1) is 30.9. The van der Waals surface area contributed by atoms with Crippen LogP contribution in [0.15, 0.2) is 30.9 Å². The van der Waals surface area contributed by atoms with Crippen LogP contribution >= 0.6 is 0 Å². The summed E-state index contributed by atoms with van der Waals surface area (Å²) < 4.78 is 9.80. The van der Waals surface area contributed by atoms with E-state index in [0.717, 1.165) is 12.0 Å². The van der Waals surface area contributed by atoms with Crippen LogP contribution < -0.4 is 16.4 Å². The summed E-state index contributed by atoms with van der Waals surface area (Å²) in [5.74, 6) is -3.24. The van der Waals surface area contributed by atoms with E-state index in [1.165, 1.54) is 12.1 Å². The van der Waals surface area contributed by atoms with E-state index in [9.17, 15) is 29.1 Å². The van der Waals surface area contributed by atoms with Crippen molar-refractivity contribution in [2.75, 3.05) is 20.2 Å². The molecule has 12 heteroatoms. The molecule has 0 aromatic heterocycles. The number of aryl methyl sites for hydroxylation is 1. The Morgan fingerprint density at radius 1 is 1.22 bits per heavy atom. The van der Waals surface area contributed by atoms with Crippen LogP contribution in [0.2, 0.25) is 0 Å². The number of rotatable bonds is 12. The zero-order valence-corrected chi connectivity index (χ0v) is 21.8. The number of phenolic OH excluding ortho intramolecular Hbond substituents is 1. The lowest BCUT2D eigenvalue weighted by Crippen LogP contribution is -2.53. The summed E-state index contributed by atoms with van der Waals surface area (Å²) in [4.78, 5) is 63.7. The van der Waals surface area contributed by atoms with Gasteiger partial charge in [-0.3, -0.25) is 19.2 Å². The fourth-order valence-corrected chi connectivity index (χ4v) is 3.34. The molecule has 1 aromatic carbocycles. The summed E-state index contributed by atoms with van der Waals surface area (Å²) in [6.45, 7) is 9.49. The Labute approximate surface area is 216 Å². The Hall–Kier alpha value is -4.09. The van der Waals surface area contributed by atoms with Crippen LogP contribution in [0.4, 0.5) is 4.79 Å². The Balaban J connectivity index is 3.52. The number of carbonyl (C=O) groups is 5. The second-order valence-electron chi connectivity index (χ2n) is 9.19. The fraction of sp³-hybridized carbons (Fsp3) is 0.480. The van der Waals surface area contributed by atoms with Gasteiger partial charge in [-0.1, -0.05) is 24.3 Å².